The van der Waals surface area contributed by atoms with Gasteiger partial charge in [0.05, 0.1) is 17.3 Å². The zero-order valence-electron chi connectivity index (χ0n) is 32.7. The van der Waals surface area contributed by atoms with Gasteiger partial charge >= 0.3 is 12.1 Å². The highest BCUT2D eigenvalue weighted by Crippen LogP contribution is 2.54. The van der Waals surface area contributed by atoms with Gasteiger partial charge in [0.25, 0.3) is 5.91 Å². The topological polar surface area (TPSA) is 250 Å². The fourth-order valence-corrected chi connectivity index (χ4v) is 7.69. The summed E-state index contributed by atoms with van der Waals surface area (Å²) in [5.41, 5.74) is 1.44. The first-order valence-electron chi connectivity index (χ1n) is 18.0. The number of esters is 1. The van der Waals surface area contributed by atoms with Gasteiger partial charge in [0.15, 0.2) is 11.4 Å². The van der Waals surface area contributed by atoms with Gasteiger partial charge in [0, 0.05) is 42.9 Å². The van der Waals surface area contributed by atoms with Crippen LogP contribution in [0.15, 0.2) is 59.4 Å². The largest absolute Gasteiger partial charge is 0.508 e. The van der Waals surface area contributed by atoms with Crippen LogP contribution in [0.4, 0.5) is 16.2 Å². The fraction of sp³-hybridized carbons (Fsp3) is 0.400. The lowest BCUT2D eigenvalue weighted by Gasteiger charge is -2.50. The van der Waals surface area contributed by atoms with E-state index in [9.17, 15) is 49.2 Å². The van der Waals surface area contributed by atoms with Gasteiger partial charge in [-0.25, -0.2) is 9.59 Å². The van der Waals surface area contributed by atoms with Gasteiger partial charge in [-0.15, -0.1) is 0 Å². The highest BCUT2D eigenvalue weighted by molar-refractivity contribution is 6.24. The maximum Gasteiger partial charge on any atom is 0.413 e. The molecule has 57 heavy (non-hydrogen) atoms. The number of aliphatic hydroxyl groups excluding tert-OH is 2. The van der Waals surface area contributed by atoms with E-state index in [0.29, 0.717) is 11.3 Å². The third-order valence-electron chi connectivity index (χ3n) is 10.4. The third-order valence-corrected chi connectivity index (χ3v) is 10.4. The Hall–Kier alpha value is -6.20. The Bertz CT molecular complexity index is 2120. The molecule has 304 valence electrons. The maximum absolute atomic E-state index is 14.3. The molecule has 3 aliphatic rings. The summed E-state index contributed by atoms with van der Waals surface area (Å²) in [6, 6.07) is 9.20. The van der Waals surface area contributed by atoms with Crippen LogP contribution in [0.25, 0.3) is 11.8 Å². The lowest BCUT2D eigenvalue weighted by molar-refractivity contribution is -0.154. The monoisotopic (exact) mass is 789 g/mol. The van der Waals surface area contributed by atoms with E-state index in [1.807, 2.05) is 6.07 Å². The van der Waals surface area contributed by atoms with Crippen LogP contribution in [-0.4, -0.2) is 124 Å². The molecule has 3 aliphatic carbocycles. The minimum Gasteiger partial charge on any atom is -0.508 e. The van der Waals surface area contributed by atoms with E-state index in [1.165, 1.54) is 37.2 Å². The van der Waals surface area contributed by atoms with Crippen LogP contribution in [0.1, 0.15) is 43.9 Å². The molecular formula is C40H47N5O12. The summed E-state index contributed by atoms with van der Waals surface area (Å²) in [6.45, 7) is 3.58. The number of ketones is 2. The van der Waals surface area contributed by atoms with Gasteiger partial charge in [-0.1, -0.05) is 30.3 Å². The summed E-state index contributed by atoms with van der Waals surface area (Å²) in [6.07, 6.45) is 1.64. The van der Waals surface area contributed by atoms with Crippen LogP contribution < -0.4 is 16.0 Å². The van der Waals surface area contributed by atoms with Gasteiger partial charge in [-0.2, -0.15) is 0 Å². The molecular weight excluding hydrogens is 742 g/mol. The van der Waals surface area contributed by atoms with Crippen LogP contribution in [-0.2, 0) is 39.9 Å². The van der Waals surface area contributed by atoms with E-state index < -0.39 is 101 Å². The normalized spacial score (nSPS) is 21.8. The number of primary amides is 1. The molecule has 2 aromatic carbocycles. The van der Waals surface area contributed by atoms with Gasteiger partial charge in [0.2, 0.25) is 18.5 Å². The average molecular weight is 790 g/mol. The lowest BCUT2D eigenvalue weighted by Crippen LogP contribution is -2.65. The van der Waals surface area contributed by atoms with Crippen molar-refractivity contribution >= 4 is 58.7 Å². The van der Waals surface area contributed by atoms with Gasteiger partial charge in [0.1, 0.15) is 29.4 Å². The van der Waals surface area contributed by atoms with Crippen molar-refractivity contribution in [3.8, 4) is 5.75 Å². The molecule has 0 unspecified atom stereocenters. The number of likely N-dealkylation sites (N-methyl/N-ethyl adjacent to an activating group) is 1. The molecule has 5 rings (SSSR count). The molecule has 4 atom stereocenters. The van der Waals surface area contributed by atoms with E-state index in [1.54, 1.807) is 64.0 Å². The summed E-state index contributed by atoms with van der Waals surface area (Å²) in [7, 11) is 6.38. The molecule has 0 bridgehead atoms. The van der Waals surface area contributed by atoms with Crippen LogP contribution in [0.2, 0.25) is 0 Å². The number of nitrogens with two attached hydrogens (primary N) is 1. The van der Waals surface area contributed by atoms with E-state index in [2.05, 4.69) is 5.32 Å². The van der Waals surface area contributed by atoms with Crippen molar-refractivity contribution in [1.82, 2.24) is 9.80 Å². The molecule has 0 radical (unpaired) electrons. The number of aliphatic hydroxyl groups is 3. The minimum atomic E-state index is -2.82. The number of aromatic hydroxyl groups is 1. The number of ether oxygens (including phenoxy) is 2. The molecule has 0 aliphatic heterocycles. The van der Waals surface area contributed by atoms with Crippen molar-refractivity contribution in [3.63, 3.8) is 0 Å². The van der Waals surface area contributed by atoms with E-state index in [-0.39, 0.29) is 29.7 Å². The number of rotatable bonds is 10. The number of carbonyl (C=O) groups excluding carboxylic acids is 6. The SMILES string of the molecule is CN(C)c1cc(NC(=O)CN(C(=O)OCOC(=O)/C=C/c2ccccc2)C(C)(C)C)c(O)c2c1C[C@H]1C[C@H]3[C@H](N(C)C)C(=O)C(C(N)=O)=C(O)[C@@]3(O)C(=O)C1=C2O. The van der Waals surface area contributed by atoms with Crippen molar-refractivity contribution in [2.45, 2.75) is 50.8 Å². The van der Waals surface area contributed by atoms with Crippen molar-refractivity contribution in [1.29, 1.82) is 0 Å². The number of fused-ring (bicyclic) bond motifs is 3. The number of benzene rings is 2. The summed E-state index contributed by atoms with van der Waals surface area (Å²) in [5.74, 6) is -9.60. The molecule has 1 fully saturated rings. The number of anilines is 2. The van der Waals surface area contributed by atoms with Crippen molar-refractivity contribution in [3.05, 3.63) is 76.1 Å². The first-order chi connectivity index (χ1) is 26.6. The standard InChI is InChI=1S/C40H47N5O12/c1-39(2,3)45(38(54)57-19-56-27(47)14-13-20-11-9-8-10-12-20)18-26(46)42-24-17-25(43(4)5)22-15-21-16-23-31(44(6)7)34(50)30(37(41)53)36(52)40(23,55)35(51)28(21)33(49)29(22)32(24)48/h8-14,17,21,23,31,48-49,52,55H,15-16,18-19H2,1-7H3,(H2,41,53)(H,42,46)/b14-13+/t21-,23-,31-,40-/m0/s1. The van der Waals surface area contributed by atoms with E-state index >= 15 is 0 Å². The van der Waals surface area contributed by atoms with Crippen molar-refractivity contribution < 1.29 is 58.7 Å². The van der Waals surface area contributed by atoms with Crippen LogP contribution in [0, 0.1) is 11.8 Å². The molecule has 0 saturated heterocycles. The van der Waals surface area contributed by atoms with Crippen LogP contribution >= 0.6 is 0 Å². The molecule has 17 nitrogen and oxygen atoms in total. The number of hydrogen-bond donors (Lipinski definition) is 6. The number of amides is 3. The van der Waals surface area contributed by atoms with Gasteiger partial charge in [-0.05, 0) is 76.9 Å². The molecule has 1 saturated carbocycles. The Morgan fingerprint density at radius 1 is 1.02 bits per heavy atom. The van der Waals surface area contributed by atoms with Crippen LogP contribution in [0.3, 0.4) is 0 Å². The first-order valence-corrected chi connectivity index (χ1v) is 18.0. The Kier molecular flexibility index (Phi) is 11.6. The second kappa shape index (κ2) is 15.7. The molecule has 0 heterocycles. The number of hydrogen-bond acceptors (Lipinski definition) is 14. The highest BCUT2D eigenvalue weighted by atomic mass is 16.7. The summed E-state index contributed by atoms with van der Waals surface area (Å²) in [4.78, 5) is 82.9. The quantitative estimate of drug-likeness (QED) is 0.0666. The zero-order valence-corrected chi connectivity index (χ0v) is 32.7. The molecule has 0 spiro atoms. The van der Waals surface area contributed by atoms with E-state index in [4.69, 9.17) is 15.2 Å². The summed E-state index contributed by atoms with van der Waals surface area (Å²) >= 11 is 0. The second-order valence-electron chi connectivity index (χ2n) is 15.5. The van der Waals surface area contributed by atoms with Gasteiger partial charge < -0.3 is 45.9 Å². The lowest BCUT2D eigenvalue weighted by atomic mass is 9.57. The Morgan fingerprint density at radius 3 is 2.25 bits per heavy atom. The molecule has 7 N–H and O–H groups in total. The number of Topliss-reactive ketones (excluding diaryl/α,β-unsaturated/α-hetero) is 2. The minimum absolute atomic E-state index is 0.0279. The number of phenolic OH excluding ortho intramolecular Hbond substituents is 1. The van der Waals surface area contributed by atoms with Crippen molar-refractivity contribution in [2.24, 2.45) is 17.6 Å². The third kappa shape index (κ3) is 7.80. The summed E-state index contributed by atoms with van der Waals surface area (Å²) in [5, 5.41) is 49.0. The highest BCUT2D eigenvalue weighted by Gasteiger charge is 2.64. The van der Waals surface area contributed by atoms with E-state index in [0.717, 1.165) is 10.5 Å². The molecule has 2 aromatic rings. The number of phenols is 1. The predicted molar refractivity (Wildman–Crippen MR) is 207 cm³/mol. The van der Waals surface area contributed by atoms with Crippen LogP contribution in [0.5, 0.6) is 5.75 Å². The number of nitrogens with zero attached hydrogens (tertiary/aromatic N) is 3. The number of carbonyl (C=O) groups is 6. The maximum atomic E-state index is 14.3. The number of nitrogens with one attached hydrogen (secondary N) is 1. The smallest absolute Gasteiger partial charge is 0.413 e. The van der Waals surface area contributed by atoms with Crippen molar-refractivity contribution in [2.75, 3.05) is 51.7 Å². The Morgan fingerprint density at radius 2 is 1.67 bits per heavy atom. The molecule has 3 amide bonds. The summed E-state index contributed by atoms with van der Waals surface area (Å²) < 4.78 is 10.1. The van der Waals surface area contributed by atoms with Gasteiger partial charge in [-0.3, -0.25) is 29.0 Å². The zero-order chi connectivity index (χ0) is 42.3. The Labute approximate surface area is 328 Å². The second-order valence-corrected chi connectivity index (χ2v) is 15.5. The average Bonchev–Trinajstić information content (AvgIpc) is 3.11. The fourth-order valence-electron chi connectivity index (χ4n) is 7.69. The molecule has 0 aromatic heterocycles. The first kappa shape index (κ1) is 42.0. The predicted octanol–water partition coefficient (Wildman–Crippen LogP) is 2.42. The Balaban J connectivity index is 1.42. The molecule has 17 heteroatoms.